The Labute approximate surface area is 119 Å². The largest absolute Gasteiger partial charge is 0.381 e. The van der Waals surface area contributed by atoms with Crippen molar-refractivity contribution in [2.45, 2.75) is 45.6 Å². The van der Waals surface area contributed by atoms with E-state index < -0.39 is 0 Å². The fraction of sp³-hybridized carbons (Fsp3) is 0.533. The molecule has 3 rings (SSSR count). The molecule has 0 aliphatic heterocycles. The molecule has 1 atom stereocenters. The Balaban J connectivity index is 1.66. The molecule has 1 unspecified atom stereocenters. The monoisotopic (exact) mass is 271 g/mol. The summed E-state index contributed by atoms with van der Waals surface area (Å²) in [5, 5.41) is 7.67. The number of nitrogens with zero attached hydrogens (tertiary/aromatic N) is 4. The van der Waals surface area contributed by atoms with Gasteiger partial charge in [0, 0.05) is 6.04 Å². The smallest absolute Gasteiger partial charge is 0.155 e. The van der Waals surface area contributed by atoms with Crippen LogP contribution in [0.3, 0.4) is 0 Å². The minimum atomic E-state index is 0.448. The Kier molecular flexibility index (Phi) is 3.42. The maximum Gasteiger partial charge on any atom is 0.155 e. The summed E-state index contributed by atoms with van der Waals surface area (Å²) in [4.78, 5) is 8.35. The Morgan fingerprint density at radius 2 is 2.25 bits per heavy atom. The van der Waals surface area contributed by atoms with E-state index in [9.17, 15) is 0 Å². The second kappa shape index (κ2) is 5.23. The molecule has 1 aliphatic rings. The molecule has 5 nitrogen and oxygen atoms in total. The lowest BCUT2D eigenvalue weighted by Gasteiger charge is -2.36. The van der Waals surface area contributed by atoms with Crippen LogP contribution in [0.2, 0.25) is 0 Å². The first-order chi connectivity index (χ1) is 9.62. The van der Waals surface area contributed by atoms with Gasteiger partial charge in [0.25, 0.3) is 0 Å². The van der Waals surface area contributed by atoms with Gasteiger partial charge in [0.2, 0.25) is 0 Å². The maximum absolute atomic E-state index is 4.42. The minimum absolute atomic E-state index is 0.448. The van der Waals surface area contributed by atoms with Gasteiger partial charge in [-0.2, -0.15) is 5.10 Å². The Bertz CT molecular complexity index is 544. The third-order valence-electron chi connectivity index (χ3n) is 3.98. The topological polar surface area (TPSA) is 55.6 Å². The Morgan fingerprint density at radius 1 is 1.35 bits per heavy atom. The Hall–Kier alpha value is -1.91. The van der Waals surface area contributed by atoms with Crippen LogP contribution in [0.25, 0.3) is 5.82 Å². The molecule has 1 fully saturated rings. The lowest BCUT2D eigenvalue weighted by atomic mass is 9.75. The summed E-state index contributed by atoms with van der Waals surface area (Å²) < 4.78 is 1.66. The van der Waals surface area contributed by atoms with Gasteiger partial charge in [-0.05, 0) is 36.8 Å². The van der Waals surface area contributed by atoms with Crippen molar-refractivity contribution >= 4 is 5.69 Å². The molecule has 1 N–H and O–H groups in total. The first-order valence-electron chi connectivity index (χ1n) is 7.20. The molecule has 0 saturated heterocycles. The molecule has 106 valence electrons. The van der Waals surface area contributed by atoms with E-state index in [1.165, 1.54) is 32.0 Å². The lowest BCUT2D eigenvalue weighted by molar-refractivity contribution is 0.229. The quantitative estimate of drug-likeness (QED) is 0.932. The number of aromatic nitrogens is 4. The van der Waals surface area contributed by atoms with Crippen LogP contribution in [0.4, 0.5) is 5.69 Å². The van der Waals surface area contributed by atoms with Crippen molar-refractivity contribution in [3.8, 4) is 5.82 Å². The third-order valence-corrected chi connectivity index (χ3v) is 3.98. The van der Waals surface area contributed by atoms with Crippen LogP contribution in [0, 0.1) is 5.41 Å². The van der Waals surface area contributed by atoms with Gasteiger partial charge in [-0.25, -0.2) is 14.6 Å². The van der Waals surface area contributed by atoms with E-state index in [-0.39, 0.29) is 0 Å². The molecule has 2 heterocycles. The molecule has 2 aromatic heterocycles. The van der Waals surface area contributed by atoms with Crippen LogP contribution in [-0.2, 0) is 0 Å². The van der Waals surface area contributed by atoms with Crippen molar-refractivity contribution in [1.82, 2.24) is 19.7 Å². The zero-order valence-electron chi connectivity index (χ0n) is 12.1. The van der Waals surface area contributed by atoms with Gasteiger partial charge in [0.15, 0.2) is 5.82 Å². The van der Waals surface area contributed by atoms with Gasteiger partial charge in [-0.3, -0.25) is 0 Å². The molecular formula is C15H21N5. The van der Waals surface area contributed by atoms with Gasteiger partial charge >= 0.3 is 0 Å². The van der Waals surface area contributed by atoms with Crippen molar-refractivity contribution in [3.05, 3.63) is 31.0 Å². The van der Waals surface area contributed by atoms with Gasteiger partial charge in [0.05, 0.1) is 11.9 Å². The molecule has 20 heavy (non-hydrogen) atoms. The van der Waals surface area contributed by atoms with E-state index in [0.29, 0.717) is 11.5 Å². The van der Waals surface area contributed by atoms with Gasteiger partial charge in [-0.1, -0.05) is 20.3 Å². The van der Waals surface area contributed by atoms with Crippen LogP contribution in [0.1, 0.15) is 39.5 Å². The zero-order valence-corrected chi connectivity index (χ0v) is 12.1. The molecule has 0 bridgehead atoms. The molecule has 0 amide bonds. The highest BCUT2D eigenvalue weighted by Crippen LogP contribution is 2.36. The molecule has 0 aromatic carbocycles. The minimum Gasteiger partial charge on any atom is -0.381 e. The van der Waals surface area contributed by atoms with Crippen LogP contribution in [-0.4, -0.2) is 25.8 Å². The van der Waals surface area contributed by atoms with E-state index >= 15 is 0 Å². The average molecular weight is 271 g/mol. The Morgan fingerprint density at radius 3 is 2.90 bits per heavy atom. The number of pyridine rings is 1. The van der Waals surface area contributed by atoms with Crippen LogP contribution in [0.15, 0.2) is 31.0 Å². The summed E-state index contributed by atoms with van der Waals surface area (Å²) in [6.45, 7) is 4.71. The van der Waals surface area contributed by atoms with Crippen LogP contribution in [0.5, 0.6) is 0 Å². The zero-order chi connectivity index (χ0) is 14.0. The summed E-state index contributed by atoms with van der Waals surface area (Å²) in [6, 6.07) is 4.58. The highest BCUT2D eigenvalue weighted by molar-refractivity contribution is 5.44. The third kappa shape index (κ3) is 2.98. The van der Waals surface area contributed by atoms with Crippen molar-refractivity contribution in [3.63, 3.8) is 0 Å². The van der Waals surface area contributed by atoms with E-state index in [0.717, 1.165) is 11.5 Å². The SMILES string of the molecule is CC1(C)CCCC(Nc2ccc(-n3cncn3)nc2)C1. The summed E-state index contributed by atoms with van der Waals surface area (Å²) in [7, 11) is 0. The molecule has 1 saturated carbocycles. The standard InChI is InChI=1S/C15H21N5/c1-15(2)7-3-4-12(8-15)19-13-5-6-14(17-9-13)20-11-16-10-18-20/h5-6,9-12,19H,3-4,7-8H2,1-2H3. The highest BCUT2D eigenvalue weighted by atomic mass is 15.3. The molecule has 2 aromatic rings. The number of rotatable bonds is 3. The molecule has 5 heteroatoms. The number of hydrogen-bond acceptors (Lipinski definition) is 4. The average Bonchev–Trinajstić information content (AvgIpc) is 2.92. The first kappa shape index (κ1) is 13.1. The fourth-order valence-electron chi connectivity index (χ4n) is 2.99. The number of nitrogens with one attached hydrogen (secondary N) is 1. The number of anilines is 1. The summed E-state index contributed by atoms with van der Waals surface area (Å²) in [6.07, 6.45) is 10.1. The van der Waals surface area contributed by atoms with E-state index in [2.05, 4.69) is 40.3 Å². The fourth-order valence-corrected chi connectivity index (χ4v) is 2.99. The molecule has 0 radical (unpaired) electrons. The molecule has 1 aliphatic carbocycles. The molecular weight excluding hydrogens is 250 g/mol. The van der Waals surface area contributed by atoms with E-state index in [4.69, 9.17) is 0 Å². The van der Waals surface area contributed by atoms with E-state index in [1.807, 2.05) is 12.3 Å². The summed E-state index contributed by atoms with van der Waals surface area (Å²) in [5.74, 6) is 0.789. The summed E-state index contributed by atoms with van der Waals surface area (Å²) >= 11 is 0. The van der Waals surface area contributed by atoms with Crippen molar-refractivity contribution in [2.75, 3.05) is 5.32 Å². The van der Waals surface area contributed by atoms with Gasteiger partial charge in [-0.15, -0.1) is 0 Å². The predicted octanol–water partition coefficient (Wildman–Crippen LogP) is 3.04. The normalized spacial score (nSPS) is 21.6. The van der Waals surface area contributed by atoms with Crippen LogP contribution < -0.4 is 5.32 Å². The van der Waals surface area contributed by atoms with E-state index in [1.54, 1.807) is 11.0 Å². The maximum atomic E-state index is 4.42. The molecule has 0 spiro atoms. The van der Waals surface area contributed by atoms with Crippen molar-refractivity contribution in [2.24, 2.45) is 5.41 Å². The van der Waals surface area contributed by atoms with Crippen LogP contribution >= 0.6 is 0 Å². The second-order valence-corrected chi connectivity index (χ2v) is 6.35. The second-order valence-electron chi connectivity index (χ2n) is 6.35. The summed E-state index contributed by atoms with van der Waals surface area (Å²) in [5.41, 5.74) is 1.53. The number of hydrogen-bond donors (Lipinski definition) is 1. The highest BCUT2D eigenvalue weighted by Gasteiger charge is 2.27. The predicted molar refractivity (Wildman–Crippen MR) is 78.8 cm³/mol. The van der Waals surface area contributed by atoms with Crippen molar-refractivity contribution < 1.29 is 0 Å². The van der Waals surface area contributed by atoms with Crippen molar-refractivity contribution in [1.29, 1.82) is 0 Å². The first-order valence-corrected chi connectivity index (χ1v) is 7.20. The van der Waals surface area contributed by atoms with Gasteiger partial charge < -0.3 is 5.32 Å². The van der Waals surface area contributed by atoms with Gasteiger partial charge in [0.1, 0.15) is 12.7 Å². The lowest BCUT2D eigenvalue weighted by Crippen LogP contribution is -2.31.